The molecule has 0 fully saturated rings. The minimum Gasteiger partial charge on any atom is -0.444 e. The number of amides is 1. The van der Waals surface area contributed by atoms with E-state index in [1.54, 1.807) is 0 Å². The summed E-state index contributed by atoms with van der Waals surface area (Å²) in [5.41, 5.74) is 0.584. The molecule has 0 radical (unpaired) electrons. The number of hydrogen-bond acceptors (Lipinski definition) is 3. The maximum Gasteiger partial charge on any atom is 0.408 e. The Bertz CT molecular complexity index is 454. The first-order valence-electron chi connectivity index (χ1n) is 8.59. The summed E-state index contributed by atoms with van der Waals surface area (Å²) in [5.74, 6) is 0. The summed E-state index contributed by atoms with van der Waals surface area (Å²) in [4.78, 5) is 12.1. The van der Waals surface area contributed by atoms with Crippen molar-refractivity contribution in [1.29, 1.82) is 0 Å². The van der Waals surface area contributed by atoms with Gasteiger partial charge >= 0.3 is 6.09 Å². The Balaban J connectivity index is 2.65. The summed E-state index contributed by atoms with van der Waals surface area (Å²) in [5, 5.41) is 6.49. The molecule has 2 atom stereocenters. The average Bonchev–Trinajstić information content (AvgIpc) is 2.48. The van der Waals surface area contributed by atoms with Crippen molar-refractivity contribution < 1.29 is 9.53 Å². The van der Waals surface area contributed by atoms with Gasteiger partial charge in [0, 0.05) is 12.6 Å². The summed E-state index contributed by atoms with van der Waals surface area (Å²) in [6.45, 7) is 10.7. The summed E-state index contributed by atoms with van der Waals surface area (Å²) in [7, 11) is 0. The highest BCUT2D eigenvalue weighted by Gasteiger charge is 2.20. The number of benzene rings is 1. The number of carbonyl (C=O) groups is 1. The molecule has 23 heavy (non-hydrogen) atoms. The number of ether oxygens (including phenoxy) is 1. The summed E-state index contributed by atoms with van der Waals surface area (Å²) in [6.07, 6.45) is 3.17. The summed E-state index contributed by atoms with van der Waals surface area (Å²) in [6, 6.07) is 10.3. The second-order valence-corrected chi connectivity index (χ2v) is 7.06. The van der Waals surface area contributed by atoms with E-state index < -0.39 is 5.60 Å². The highest BCUT2D eigenvalue weighted by molar-refractivity contribution is 5.68. The van der Waals surface area contributed by atoms with Crippen LogP contribution in [0.25, 0.3) is 0 Å². The van der Waals surface area contributed by atoms with Gasteiger partial charge in [-0.2, -0.15) is 0 Å². The van der Waals surface area contributed by atoms with Gasteiger partial charge in [0.2, 0.25) is 0 Å². The van der Waals surface area contributed by atoms with Crippen molar-refractivity contribution in [2.24, 2.45) is 0 Å². The van der Waals surface area contributed by atoms with Gasteiger partial charge in [-0.3, -0.25) is 0 Å². The van der Waals surface area contributed by atoms with Crippen LogP contribution in [0.15, 0.2) is 30.3 Å². The lowest BCUT2D eigenvalue weighted by molar-refractivity contribution is 0.0502. The molecular weight excluding hydrogens is 288 g/mol. The first kappa shape index (κ1) is 19.5. The third-order valence-electron chi connectivity index (χ3n) is 3.55. The molecule has 0 aliphatic carbocycles. The van der Waals surface area contributed by atoms with Crippen molar-refractivity contribution in [3.63, 3.8) is 0 Å². The SMILES string of the molecule is CCCCC(C)NCC(NC(=O)OC(C)(C)C)c1ccccc1. The lowest BCUT2D eigenvalue weighted by Crippen LogP contribution is -2.41. The quantitative estimate of drug-likeness (QED) is 0.745. The van der Waals surface area contributed by atoms with Gasteiger partial charge in [-0.1, -0.05) is 50.1 Å². The number of unbranched alkanes of at least 4 members (excludes halogenated alkanes) is 1. The molecule has 0 aliphatic rings. The average molecular weight is 320 g/mol. The molecule has 0 heterocycles. The van der Waals surface area contributed by atoms with E-state index >= 15 is 0 Å². The fourth-order valence-corrected chi connectivity index (χ4v) is 2.32. The topological polar surface area (TPSA) is 50.4 Å². The highest BCUT2D eigenvalue weighted by atomic mass is 16.6. The number of hydrogen-bond donors (Lipinski definition) is 2. The molecule has 2 N–H and O–H groups in total. The van der Waals surface area contributed by atoms with Crippen molar-refractivity contribution in [2.45, 2.75) is 71.6 Å². The van der Waals surface area contributed by atoms with Crippen molar-refractivity contribution in [3.05, 3.63) is 35.9 Å². The van der Waals surface area contributed by atoms with Crippen molar-refractivity contribution in [2.75, 3.05) is 6.54 Å². The Hall–Kier alpha value is -1.55. The Morgan fingerprint density at radius 1 is 1.22 bits per heavy atom. The molecule has 4 heteroatoms. The Kier molecular flexibility index (Phi) is 8.10. The molecule has 1 amide bonds. The number of carbonyl (C=O) groups excluding carboxylic acids is 1. The van der Waals surface area contributed by atoms with E-state index in [-0.39, 0.29) is 12.1 Å². The molecule has 0 aromatic heterocycles. The predicted octanol–water partition coefficient (Wildman–Crippen LogP) is 4.42. The summed E-state index contributed by atoms with van der Waals surface area (Å²) < 4.78 is 5.38. The van der Waals surface area contributed by atoms with E-state index in [0.717, 1.165) is 12.0 Å². The van der Waals surface area contributed by atoms with E-state index in [2.05, 4.69) is 24.5 Å². The van der Waals surface area contributed by atoms with E-state index in [4.69, 9.17) is 4.74 Å². The van der Waals surface area contributed by atoms with Gasteiger partial charge in [0.1, 0.15) is 5.60 Å². The zero-order valence-electron chi connectivity index (χ0n) is 15.2. The Morgan fingerprint density at radius 2 is 1.87 bits per heavy atom. The monoisotopic (exact) mass is 320 g/mol. The maximum atomic E-state index is 12.1. The van der Waals surface area contributed by atoms with Crippen LogP contribution in [-0.4, -0.2) is 24.3 Å². The molecule has 1 rings (SSSR count). The first-order valence-corrected chi connectivity index (χ1v) is 8.59. The minimum absolute atomic E-state index is 0.102. The van der Waals surface area contributed by atoms with Crippen LogP contribution in [0.5, 0.6) is 0 Å². The van der Waals surface area contributed by atoms with E-state index in [9.17, 15) is 4.79 Å². The van der Waals surface area contributed by atoms with Crippen LogP contribution < -0.4 is 10.6 Å². The van der Waals surface area contributed by atoms with Crippen LogP contribution in [0.2, 0.25) is 0 Å². The van der Waals surface area contributed by atoms with Crippen molar-refractivity contribution in [3.8, 4) is 0 Å². The fourth-order valence-electron chi connectivity index (χ4n) is 2.32. The van der Waals surface area contributed by atoms with Crippen LogP contribution in [0.1, 0.15) is 65.5 Å². The molecule has 2 unspecified atom stereocenters. The zero-order valence-corrected chi connectivity index (χ0v) is 15.2. The number of alkyl carbamates (subject to hydrolysis) is 1. The van der Waals surface area contributed by atoms with Crippen LogP contribution in [0.3, 0.4) is 0 Å². The molecule has 4 nitrogen and oxygen atoms in total. The number of rotatable bonds is 8. The molecule has 130 valence electrons. The lowest BCUT2D eigenvalue weighted by Gasteiger charge is -2.25. The van der Waals surface area contributed by atoms with Gasteiger partial charge in [-0.15, -0.1) is 0 Å². The van der Waals surface area contributed by atoms with Crippen LogP contribution in [-0.2, 0) is 4.74 Å². The predicted molar refractivity (Wildman–Crippen MR) is 95.5 cm³/mol. The Labute approximate surface area is 141 Å². The second kappa shape index (κ2) is 9.56. The molecule has 1 aromatic rings. The highest BCUT2D eigenvalue weighted by Crippen LogP contribution is 2.14. The van der Waals surface area contributed by atoms with Crippen molar-refractivity contribution >= 4 is 6.09 Å². The molecule has 0 bridgehead atoms. The van der Waals surface area contributed by atoms with E-state index in [1.165, 1.54) is 12.8 Å². The minimum atomic E-state index is -0.493. The van der Waals surface area contributed by atoms with Gasteiger partial charge in [0.05, 0.1) is 6.04 Å². The van der Waals surface area contributed by atoms with Gasteiger partial charge < -0.3 is 15.4 Å². The molecular formula is C19H32N2O2. The molecule has 0 spiro atoms. The van der Waals surface area contributed by atoms with Gasteiger partial charge in [-0.25, -0.2) is 4.79 Å². The van der Waals surface area contributed by atoms with Gasteiger partial charge in [-0.05, 0) is 39.7 Å². The lowest BCUT2D eigenvalue weighted by atomic mass is 10.1. The van der Waals surface area contributed by atoms with Gasteiger partial charge in [0.15, 0.2) is 0 Å². The Morgan fingerprint density at radius 3 is 2.43 bits per heavy atom. The standard InChI is InChI=1S/C19H32N2O2/c1-6-7-11-15(2)20-14-17(16-12-9-8-10-13-16)21-18(22)23-19(3,4)5/h8-10,12-13,15,17,20H,6-7,11,14H2,1-5H3,(H,21,22). The maximum absolute atomic E-state index is 12.1. The van der Waals surface area contributed by atoms with E-state index in [0.29, 0.717) is 12.6 Å². The third-order valence-corrected chi connectivity index (χ3v) is 3.55. The molecule has 0 saturated carbocycles. The van der Waals surface area contributed by atoms with Crippen LogP contribution in [0, 0.1) is 0 Å². The molecule has 0 aliphatic heterocycles. The fraction of sp³-hybridized carbons (Fsp3) is 0.632. The van der Waals surface area contributed by atoms with Gasteiger partial charge in [0.25, 0.3) is 0 Å². The first-order chi connectivity index (χ1) is 10.8. The smallest absolute Gasteiger partial charge is 0.408 e. The summed E-state index contributed by atoms with van der Waals surface area (Å²) >= 11 is 0. The third kappa shape index (κ3) is 8.60. The second-order valence-electron chi connectivity index (χ2n) is 7.06. The van der Waals surface area contributed by atoms with Crippen LogP contribution >= 0.6 is 0 Å². The van der Waals surface area contributed by atoms with Crippen LogP contribution in [0.4, 0.5) is 4.79 Å². The van der Waals surface area contributed by atoms with Crippen molar-refractivity contribution in [1.82, 2.24) is 10.6 Å². The zero-order chi connectivity index (χ0) is 17.3. The number of nitrogens with one attached hydrogen (secondary N) is 2. The largest absolute Gasteiger partial charge is 0.444 e. The van der Waals surface area contributed by atoms with E-state index in [1.807, 2.05) is 51.1 Å². The molecule has 0 saturated heterocycles. The molecule has 1 aromatic carbocycles. The normalized spacial score (nSPS) is 14.1.